The average Bonchev–Trinajstić information content (AvgIpc) is 3.32. The summed E-state index contributed by atoms with van der Waals surface area (Å²) < 4.78 is 15.1. The summed E-state index contributed by atoms with van der Waals surface area (Å²) in [6.45, 7) is 1.20. The highest BCUT2D eigenvalue weighted by Crippen LogP contribution is 2.35. The van der Waals surface area contributed by atoms with Gasteiger partial charge in [-0.1, -0.05) is 25.0 Å². The molecule has 1 N–H and O–H groups in total. The topological polar surface area (TPSA) is 63.1 Å². The standard InChI is InChI=1S/C18H24FN5O/c1-23(10-11-24-12-20-21-13-24)18(25)22-17(14-4-2-3-5-14)15-6-8-16(19)9-7-15/h6-9,12-14,17H,2-5,10-11H2,1H3,(H,22,25)/t17-/m1/s1. The average molecular weight is 345 g/mol. The summed E-state index contributed by atoms with van der Waals surface area (Å²) in [5, 5.41) is 10.7. The SMILES string of the molecule is CN(CCn1cnnc1)C(=O)N[C@@H](c1ccc(F)cc1)C1CCCC1. The van der Waals surface area contributed by atoms with Gasteiger partial charge in [0.1, 0.15) is 18.5 Å². The molecule has 1 aliphatic rings. The summed E-state index contributed by atoms with van der Waals surface area (Å²) >= 11 is 0. The summed E-state index contributed by atoms with van der Waals surface area (Å²) in [6, 6.07) is 6.27. The van der Waals surface area contributed by atoms with Gasteiger partial charge in [-0.15, -0.1) is 10.2 Å². The number of hydrogen-bond acceptors (Lipinski definition) is 3. The molecule has 1 heterocycles. The number of carbonyl (C=O) groups excluding carboxylic acids is 1. The highest BCUT2D eigenvalue weighted by atomic mass is 19.1. The minimum atomic E-state index is -0.258. The lowest BCUT2D eigenvalue weighted by Crippen LogP contribution is -2.42. The monoisotopic (exact) mass is 345 g/mol. The van der Waals surface area contributed by atoms with Crippen LogP contribution in [-0.4, -0.2) is 39.3 Å². The van der Waals surface area contributed by atoms with Crippen LogP contribution < -0.4 is 5.32 Å². The third-order valence-electron chi connectivity index (χ3n) is 4.89. The zero-order valence-corrected chi connectivity index (χ0v) is 14.4. The maximum Gasteiger partial charge on any atom is 0.317 e. The second-order valence-corrected chi connectivity index (χ2v) is 6.64. The van der Waals surface area contributed by atoms with E-state index in [0.717, 1.165) is 18.4 Å². The van der Waals surface area contributed by atoms with Crippen LogP contribution in [0.2, 0.25) is 0 Å². The molecule has 3 rings (SSSR count). The van der Waals surface area contributed by atoms with Crippen LogP contribution in [0.4, 0.5) is 9.18 Å². The van der Waals surface area contributed by atoms with Gasteiger partial charge in [0.15, 0.2) is 0 Å². The summed E-state index contributed by atoms with van der Waals surface area (Å²) in [5.41, 5.74) is 0.967. The van der Waals surface area contributed by atoms with E-state index in [2.05, 4.69) is 15.5 Å². The maximum atomic E-state index is 13.2. The number of rotatable bonds is 6. The Hall–Kier alpha value is -2.44. The second-order valence-electron chi connectivity index (χ2n) is 6.64. The Balaban J connectivity index is 1.64. The molecule has 6 nitrogen and oxygen atoms in total. The molecule has 0 saturated heterocycles. The molecule has 1 aromatic heterocycles. The molecule has 2 amide bonds. The quantitative estimate of drug-likeness (QED) is 0.875. The van der Waals surface area contributed by atoms with Crippen LogP contribution in [0, 0.1) is 11.7 Å². The molecular weight excluding hydrogens is 321 g/mol. The Morgan fingerprint density at radius 2 is 1.92 bits per heavy atom. The number of amides is 2. The molecule has 0 unspecified atom stereocenters. The number of benzene rings is 1. The van der Waals surface area contributed by atoms with Crippen LogP contribution >= 0.6 is 0 Å². The first-order chi connectivity index (χ1) is 12.1. The van der Waals surface area contributed by atoms with Crippen molar-refractivity contribution in [2.24, 2.45) is 5.92 Å². The van der Waals surface area contributed by atoms with E-state index in [1.165, 1.54) is 25.0 Å². The molecule has 1 saturated carbocycles. The minimum Gasteiger partial charge on any atom is -0.331 e. The fourth-order valence-corrected chi connectivity index (χ4v) is 3.38. The van der Waals surface area contributed by atoms with E-state index < -0.39 is 0 Å². The van der Waals surface area contributed by atoms with Crippen molar-refractivity contribution >= 4 is 6.03 Å². The van der Waals surface area contributed by atoms with Crippen molar-refractivity contribution in [1.82, 2.24) is 25.0 Å². The number of likely N-dealkylation sites (N-methyl/N-ethyl adjacent to an activating group) is 1. The molecule has 1 aliphatic carbocycles. The van der Waals surface area contributed by atoms with Crippen LogP contribution in [0.25, 0.3) is 0 Å². The zero-order chi connectivity index (χ0) is 17.6. The largest absolute Gasteiger partial charge is 0.331 e. The molecule has 0 aliphatic heterocycles. The number of hydrogen-bond donors (Lipinski definition) is 1. The summed E-state index contributed by atoms with van der Waals surface area (Å²) in [5.74, 6) is 0.145. The van der Waals surface area contributed by atoms with E-state index in [4.69, 9.17) is 0 Å². The van der Waals surface area contributed by atoms with Gasteiger partial charge in [0.25, 0.3) is 0 Å². The van der Waals surface area contributed by atoms with Crippen molar-refractivity contribution < 1.29 is 9.18 Å². The van der Waals surface area contributed by atoms with E-state index in [1.54, 1.807) is 36.7 Å². The fourth-order valence-electron chi connectivity index (χ4n) is 3.38. The van der Waals surface area contributed by atoms with Crippen LogP contribution in [-0.2, 0) is 6.54 Å². The molecule has 2 aromatic rings. The van der Waals surface area contributed by atoms with Crippen molar-refractivity contribution in [3.05, 3.63) is 48.3 Å². The minimum absolute atomic E-state index is 0.0760. The highest BCUT2D eigenvalue weighted by molar-refractivity contribution is 5.74. The number of halogens is 1. The molecule has 1 fully saturated rings. The summed E-state index contributed by atoms with van der Waals surface area (Å²) in [4.78, 5) is 14.3. The van der Waals surface area contributed by atoms with Crippen molar-refractivity contribution in [3.8, 4) is 0 Å². The van der Waals surface area contributed by atoms with Crippen LogP contribution in [0.15, 0.2) is 36.9 Å². The number of carbonyl (C=O) groups is 1. The van der Waals surface area contributed by atoms with E-state index in [0.29, 0.717) is 19.0 Å². The summed E-state index contributed by atoms with van der Waals surface area (Å²) in [6.07, 6.45) is 7.81. The molecule has 1 aromatic carbocycles. The Bertz CT molecular complexity index is 667. The first kappa shape index (κ1) is 17.4. The molecule has 0 radical (unpaired) electrons. The smallest absolute Gasteiger partial charge is 0.317 e. The molecule has 7 heteroatoms. The number of aromatic nitrogens is 3. The van der Waals surface area contributed by atoms with E-state index in [1.807, 2.05) is 4.57 Å². The van der Waals surface area contributed by atoms with Gasteiger partial charge in [-0.2, -0.15) is 0 Å². The van der Waals surface area contributed by atoms with E-state index >= 15 is 0 Å². The molecule has 1 atom stereocenters. The zero-order valence-electron chi connectivity index (χ0n) is 14.4. The molecule has 0 spiro atoms. The van der Waals surface area contributed by atoms with Gasteiger partial charge in [0.2, 0.25) is 0 Å². The van der Waals surface area contributed by atoms with Gasteiger partial charge in [0, 0.05) is 20.1 Å². The van der Waals surface area contributed by atoms with Crippen LogP contribution in [0.3, 0.4) is 0 Å². The Labute approximate surface area is 147 Å². The van der Waals surface area contributed by atoms with Gasteiger partial charge in [-0.3, -0.25) is 0 Å². The predicted molar refractivity (Wildman–Crippen MR) is 92.3 cm³/mol. The number of urea groups is 1. The second kappa shape index (κ2) is 8.09. The molecular formula is C18H24FN5O. The number of nitrogens with zero attached hydrogens (tertiary/aromatic N) is 4. The normalized spacial score (nSPS) is 15.9. The van der Waals surface area contributed by atoms with Gasteiger partial charge in [-0.05, 0) is 36.5 Å². The Kier molecular flexibility index (Phi) is 5.63. The molecule has 25 heavy (non-hydrogen) atoms. The predicted octanol–water partition coefficient (Wildman–Crippen LogP) is 2.99. The third-order valence-corrected chi connectivity index (χ3v) is 4.89. The van der Waals surface area contributed by atoms with Crippen molar-refractivity contribution in [2.45, 2.75) is 38.3 Å². The van der Waals surface area contributed by atoms with Crippen molar-refractivity contribution in [2.75, 3.05) is 13.6 Å². The lowest BCUT2D eigenvalue weighted by molar-refractivity contribution is 0.197. The van der Waals surface area contributed by atoms with Gasteiger partial charge in [-0.25, -0.2) is 9.18 Å². The lowest BCUT2D eigenvalue weighted by atomic mass is 9.91. The lowest BCUT2D eigenvalue weighted by Gasteiger charge is -2.28. The molecule has 0 bridgehead atoms. The van der Waals surface area contributed by atoms with Crippen LogP contribution in [0.1, 0.15) is 37.3 Å². The van der Waals surface area contributed by atoms with Gasteiger partial charge in [0.05, 0.1) is 6.04 Å². The van der Waals surface area contributed by atoms with Crippen molar-refractivity contribution in [1.29, 1.82) is 0 Å². The van der Waals surface area contributed by atoms with E-state index in [9.17, 15) is 9.18 Å². The van der Waals surface area contributed by atoms with Gasteiger partial charge < -0.3 is 14.8 Å². The first-order valence-electron chi connectivity index (χ1n) is 8.73. The van der Waals surface area contributed by atoms with Gasteiger partial charge >= 0.3 is 6.03 Å². The summed E-state index contributed by atoms with van der Waals surface area (Å²) in [7, 11) is 1.77. The number of nitrogens with one attached hydrogen (secondary N) is 1. The van der Waals surface area contributed by atoms with Crippen LogP contribution in [0.5, 0.6) is 0 Å². The highest BCUT2D eigenvalue weighted by Gasteiger charge is 2.28. The Morgan fingerprint density at radius 1 is 1.28 bits per heavy atom. The third kappa shape index (κ3) is 4.55. The Morgan fingerprint density at radius 3 is 2.56 bits per heavy atom. The fraction of sp³-hybridized carbons (Fsp3) is 0.500. The molecule has 134 valence electrons. The van der Waals surface area contributed by atoms with E-state index in [-0.39, 0.29) is 17.9 Å². The maximum absolute atomic E-state index is 13.2. The van der Waals surface area contributed by atoms with Crippen molar-refractivity contribution in [3.63, 3.8) is 0 Å². The first-order valence-corrected chi connectivity index (χ1v) is 8.73.